The maximum absolute atomic E-state index is 13.3. The van der Waals surface area contributed by atoms with Crippen molar-refractivity contribution < 1.29 is 28.3 Å². The van der Waals surface area contributed by atoms with Crippen LogP contribution >= 0.6 is 0 Å². The van der Waals surface area contributed by atoms with Crippen LogP contribution in [0, 0.1) is 47.4 Å². The number of unbranched alkanes of at least 4 members (excludes halogenated alkanes) is 41. The topological polar surface area (TPSA) is 81.7 Å². The SMILES string of the molecule is CCCCCCCCCCCCC#CC#CCCCCCCCCCOC(=O)CCC(NC(=O)CCCCCCCCCC[N+](CC)(CC)CC)C(=O)OCCCCCCCCCC#CC#CCCCCCCCCCCCC. The van der Waals surface area contributed by atoms with Crippen LogP contribution in [0.3, 0.4) is 0 Å². The zero-order valence-corrected chi connectivity index (χ0v) is 53.0. The summed E-state index contributed by atoms with van der Waals surface area (Å²) < 4.78 is 12.5. The normalized spacial score (nSPS) is 11.3. The zero-order valence-electron chi connectivity index (χ0n) is 53.0. The van der Waals surface area contributed by atoms with E-state index < -0.39 is 12.0 Å². The molecule has 7 nitrogen and oxygen atoms in total. The monoisotopic (exact) mass is 1100 g/mol. The lowest BCUT2D eigenvalue weighted by Crippen LogP contribution is -2.48. The summed E-state index contributed by atoms with van der Waals surface area (Å²) >= 11 is 0. The van der Waals surface area contributed by atoms with Gasteiger partial charge in [0.2, 0.25) is 5.91 Å². The number of nitrogens with zero attached hydrogens (tertiary/aromatic N) is 1. The highest BCUT2D eigenvalue weighted by atomic mass is 16.5. The minimum Gasteiger partial charge on any atom is -0.466 e. The van der Waals surface area contributed by atoms with Gasteiger partial charge >= 0.3 is 11.9 Å². The highest BCUT2D eigenvalue weighted by molar-refractivity contribution is 5.85. The third-order valence-corrected chi connectivity index (χ3v) is 16.2. The number of carbonyl (C=O) groups is 3. The first kappa shape index (κ1) is 75.6. The van der Waals surface area contributed by atoms with Crippen molar-refractivity contribution in [3.8, 4) is 47.4 Å². The smallest absolute Gasteiger partial charge is 0.328 e. The van der Waals surface area contributed by atoms with Crippen molar-refractivity contribution in [3.63, 3.8) is 0 Å². The van der Waals surface area contributed by atoms with Gasteiger partial charge in [-0.3, -0.25) is 9.59 Å². The molecule has 0 saturated carbocycles. The van der Waals surface area contributed by atoms with Crippen molar-refractivity contribution in [2.75, 3.05) is 39.4 Å². The molecule has 0 aromatic carbocycles. The molecule has 1 N–H and O–H groups in total. The maximum Gasteiger partial charge on any atom is 0.328 e. The van der Waals surface area contributed by atoms with E-state index in [2.05, 4.69) is 87.3 Å². The Balaban J connectivity index is 4.43. The molecule has 1 atom stereocenters. The third kappa shape index (κ3) is 54.9. The molecular weight excluding hydrogens is 973 g/mol. The standard InChI is InChI=1S/C72H126N2O5/c1-6-11-13-15-17-19-21-23-25-27-29-31-33-35-37-39-41-43-45-49-53-57-61-67-78-71(76)65-64-69(73-70(75)63-59-55-51-47-48-52-56-60-66-74(8-3,9-4)10-5)72(77)79-68-62-58-54-50-46-44-42-40-38-36-34-32-30-28-26-24-22-20-18-16-14-12-7-2/h69H,6-30,39-68H2,1-5H3/p+1. The van der Waals surface area contributed by atoms with Gasteiger partial charge in [0, 0.05) is 38.5 Å². The third-order valence-electron chi connectivity index (χ3n) is 16.2. The van der Waals surface area contributed by atoms with Gasteiger partial charge in [0.25, 0.3) is 0 Å². The van der Waals surface area contributed by atoms with E-state index >= 15 is 0 Å². The molecule has 454 valence electrons. The minimum absolute atomic E-state index is 0.0711. The van der Waals surface area contributed by atoms with Gasteiger partial charge in [-0.05, 0) is 109 Å². The molecule has 7 heteroatoms. The summed E-state index contributed by atoms with van der Waals surface area (Å²) in [4.78, 5) is 39.1. The van der Waals surface area contributed by atoms with Gasteiger partial charge in [0.15, 0.2) is 0 Å². The van der Waals surface area contributed by atoms with Crippen molar-refractivity contribution in [2.24, 2.45) is 0 Å². The molecule has 0 spiro atoms. The molecule has 0 aromatic rings. The van der Waals surface area contributed by atoms with Gasteiger partial charge in [-0.25, -0.2) is 4.79 Å². The summed E-state index contributed by atoms with van der Waals surface area (Å²) in [6.07, 6.45) is 55.8. The molecule has 0 saturated heterocycles. The predicted octanol–water partition coefficient (Wildman–Crippen LogP) is 19.6. The van der Waals surface area contributed by atoms with E-state index in [1.165, 1.54) is 223 Å². The fraction of sp³-hybridized carbons (Fsp3) is 0.847. The number of hydrogen-bond donors (Lipinski definition) is 1. The van der Waals surface area contributed by atoms with E-state index in [0.717, 1.165) is 103 Å². The molecule has 0 fully saturated rings. The van der Waals surface area contributed by atoms with Gasteiger partial charge in [-0.1, -0.05) is 249 Å². The Morgan fingerprint density at radius 1 is 0.354 bits per heavy atom. The van der Waals surface area contributed by atoms with Crippen molar-refractivity contribution in [1.82, 2.24) is 5.32 Å². The average Bonchev–Trinajstić information content (AvgIpc) is 3.46. The van der Waals surface area contributed by atoms with Crippen LogP contribution in [0.4, 0.5) is 0 Å². The first-order valence-electron chi connectivity index (χ1n) is 34.3. The van der Waals surface area contributed by atoms with E-state index in [1.54, 1.807) is 0 Å². The molecule has 0 radical (unpaired) electrons. The summed E-state index contributed by atoms with van der Waals surface area (Å²) in [5, 5.41) is 2.92. The number of esters is 2. The summed E-state index contributed by atoms with van der Waals surface area (Å²) in [6.45, 7) is 17.2. The van der Waals surface area contributed by atoms with Gasteiger partial charge in [-0.2, -0.15) is 0 Å². The van der Waals surface area contributed by atoms with Crippen LogP contribution in [0.25, 0.3) is 0 Å². The second kappa shape index (κ2) is 62.2. The number of quaternary nitrogens is 1. The Morgan fingerprint density at radius 2 is 0.658 bits per heavy atom. The second-order valence-electron chi connectivity index (χ2n) is 23.2. The molecule has 0 aliphatic heterocycles. The largest absolute Gasteiger partial charge is 0.466 e. The summed E-state index contributed by atoms with van der Waals surface area (Å²) in [5.74, 6) is 24.2. The average molecular weight is 1100 g/mol. The number of carbonyl (C=O) groups excluding carboxylic acids is 3. The van der Waals surface area contributed by atoms with E-state index in [-0.39, 0.29) is 24.7 Å². The van der Waals surface area contributed by atoms with Crippen molar-refractivity contribution >= 4 is 17.8 Å². The lowest BCUT2D eigenvalue weighted by atomic mass is 10.1. The van der Waals surface area contributed by atoms with E-state index in [4.69, 9.17) is 9.47 Å². The van der Waals surface area contributed by atoms with Crippen LogP contribution < -0.4 is 5.32 Å². The highest BCUT2D eigenvalue weighted by Gasteiger charge is 2.24. The molecule has 0 rings (SSSR count). The molecule has 0 aliphatic carbocycles. The Morgan fingerprint density at radius 3 is 1.01 bits per heavy atom. The summed E-state index contributed by atoms with van der Waals surface area (Å²) in [6, 6.07) is -0.845. The van der Waals surface area contributed by atoms with Gasteiger partial charge in [-0.15, -0.1) is 0 Å². The Bertz CT molecular complexity index is 1630. The van der Waals surface area contributed by atoms with Crippen molar-refractivity contribution in [2.45, 2.75) is 355 Å². The predicted molar refractivity (Wildman–Crippen MR) is 339 cm³/mol. The lowest BCUT2D eigenvalue weighted by molar-refractivity contribution is -0.923. The number of ether oxygens (including phenoxy) is 2. The summed E-state index contributed by atoms with van der Waals surface area (Å²) in [7, 11) is 0. The van der Waals surface area contributed by atoms with Gasteiger partial charge in [0.1, 0.15) is 6.04 Å². The summed E-state index contributed by atoms with van der Waals surface area (Å²) in [5.41, 5.74) is 0. The van der Waals surface area contributed by atoms with Crippen molar-refractivity contribution in [3.05, 3.63) is 0 Å². The Labute approximate surface area is 491 Å². The first-order valence-corrected chi connectivity index (χ1v) is 34.3. The molecule has 1 unspecified atom stereocenters. The minimum atomic E-state index is -0.845. The molecule has 0 bridgehead atoms. The van der Waals surface area contributed by atoms with Crippen molar-refractivity contribution in [1.29, 1.82) is 0 Å². The first-order chi connectivity index (χ1) is 38.9. The van der Waals surface area contributed by atoms with Gasteiger partial charge < -0.3 is 19.3 Å². The Hall–Kier alpha value is -3.39. The van der Waals surface area contributed by atoms with Gasteiger partial charge in [0.05, 0.1) is 39.4 Å². The number of amides is 1. The molecule has 0 aromatic heterocycles. The number of nitrogens with one attached hydrogen (secondary N) is 1. The number of hydrogen-bond acceptors (Lipinski definition) is 5. The fourth-order valence-electron chi connectivity index (χ4n) is 10.5. The molecule has 79 heavy (non-hydrogen) atoms. The van der Waals surface area contributed by atoms with Crippen LogP contribution in [-0.2, 0) is 23.9 Å². The zero-order chi connectivity index (χ0) is 57.5. The second-order valence-corrected chi connectivity index (χ2v) is 23.2. The quantitative estimate of drug-likeness (QED) is 0.0284. The fourth-order valence-corrected chi connectivity index (χ4v) is 10.5. The van der Waals surface area contributed by atoms with Crippen LogP contribution in [0.1, 0.15) is 349 Å². The highest BCUT2D eigenvalue weighted by Crippen LogP contribution is 2.17. The molecule has 0 heterocycles. The molecule has 1 amide bonds. The number of rotatable bonds is 57. The maximum atomic E-state index is 13.3. The van der Waals surface area contributed by atoms with Crippen LogP contribution in [0.2, 0.25) is 0 Å². The lowest BCUT2D eigenvalue weighted by Gasteiger charge is -2.35. The van der Waals surface area contributed by atoms with Crippen LogP contribution in [0.5, 0.6) is 0 Å². The van der Waals surface area contributed by atoms with Crippen LogP contribution in [-0.4, -0.2) is 67.8 Å². The van der Waals surface area contributed by atoms with Crippen LogP contribution in [0.15, 0.2) is 0 Å². The molecular formula is C72H127N2O5+. The Kier molecular flexibility index (Phi) is 59.5. The van der Waals surface area contributed by atoms with E-state index in [0.29, 0.717) is 19.6 Å². The van der Waals surface area contributed by atoms with E-state index in [1.807, 2.05) is 0 Å². The molecule has 0 aliphatic rings. The van der Waals surface area contributed by atoms with E-state index in [9.17, 15) is 14.4 Å².